The zero-order chi connectivity index (χ0) is 14.3. The van der Waals surface area contributed by atoms with Gasteiger partial charge in [0.25, 0.3) is 0 Å². The Hall–Kier alpha value is -2.24. The van der Waals surface area contributed by atoms with Crippen molar-refractivity contribution < 1.29 is 19.1 Å². The van der Waals surface area contributed by atoms with Crippen LogP contribution in [0.3, 0.4) is 0 Å². The van der Waals surface area contributed by atoms with Crippen LogP contribution in [0.4, 0.5) is 4.79 Å². The Kier molecular flexibility index (Phi) is 5.66. The highest BCUT2D eigenvalue weighted by atomic mass is 16.4. The maximum atomic E-state index is 11.6. The van der Waals surface area contributed by atoms with Crippen LogP contribution >= 0.6 is 0 Å². The summed E-state index contributed by atoms with van der Waals surface area (Å²) in [5.41, 5.74) is 0. The van der Waals surface area contributed by atoms with E-state index in [-0.39, 0.29) is 12.5 Å². The molecule has 1 rings (SSSR count). The van der Waals surface area contributed by atoms with E-state index in [0.29, 0.717) is 6.42 Å². The van der Waals surface area contributed by atoms with Crippen molar-refractivity contribution in [1.82, 2.24) is 10.6 Å². The topological polar surface area (TPSA) is 91.6 Å². The number of hydrogen-bond donors (Lipinski definition) is 3. The molecule has 6 nitrogen and oxygen atoms in total. The summed E-state index contributed by atoms with van der Waals surface area (Å²) in [6, 6.07) is 1.94. The second-order valence-corrected chi connectivity index (χ2v) is 4.22. The van der Waals surface area contributed by atoms with Crippen LogP contribution < -0.4 is 10.6 Å². The molecule has 0 aliphatic carbocycles. The first-order valence-electron chi connectivity index (χ1n) is 5.96. The summed E-state index contributed by atoms with van der Waals surface area (Å²) in [6.07, 6.45) is 3.73. The molecule has 1 aromatic rings. The van der Waals surface area contributed by atoms with E-state index in [1.54, 1.807) is 12.3 Å². The summed E-state index contributed by atoms with van der Waals surface area (Å²) in [7, 11) is 0. The highest BCUT2D eigenvalue weighted by Crippen LogP contribution is 2.03. The van der Waals surface area contributed by atoms with Gasteiger partial charge in [-0.3, -0.25) is 0 Å². The van der Waals surface area contributed by atoms with Crippen molar-refractivity contribution >= 4 is 12.0 Å². The van der Waals surface area contributed by atoms with Gasteiger partial charge >= 0.3 is 12.0 Å². The van der Waals surface area contributed by atoms with Gasteiger partial charge in [0.2, 0.25) is 0 Å². The second-order valence-electron chi connectivity index (χ2n) is 4.22. The van der Waals surface area contributed by atoms with Gasteiger partial charge in [0.15, 0.2) is 0 Å². The van der Waals surface area contributed by atoms with E-state index in [0.717, 1.165) is 5.76 Å². The molecule has 104 valence electrons. The molecule has 0 bridgehead atoms. The molecule has 6 heteroatoms. The van der Waals surface area contributed by atoms with Crippen molar-refractivity contribution in [3.63, 3.8) is 0 Å². The highest BCUT2D eigenvalue weighted by molar-refractivity contribution is 5.82. The van der Waals surface area contributed by atoms with Crippen molar-refractivity contribution in [3.05, 3.63) is 36.8 Å². The van der Waals surface area contributed by atoms with E-state index >= 15 is 0 Å². The van der Waals surface area contributed by atoms with Gasteiger partial charge in [-0.05, 0) is 25.5 Å². The van der Waals surface area contributed by atoms with Crippen LogP contribution in [0.1, 0.15) is 19.1 Å². The van der Waals surface area contributed by atoms with E-state index in [4.69, 9.17) is 9.52 Å². The van der Waals surface area contributed by atoms with Crippen molar-refractivity contribution in [3.8, 4) is 0 Å². The van der Waals surface area contributed by atoms with E-state index in [1.165, 1.54) is 6.08 Å². The summed E-state index contributed by atoms with van der Waals surface area (Å²) in [5.74, 6) is -0.331. The number of hydrogen-bond acceptors (Lipinski definition) is 3. The Balaban J connectivity index is 2.40. The largest absolute Gasteiger partial charge is 0.480 e. The molecule has 0 radical (unpaired) electrons. The zero-order valence-electron chi connectivity index (χ0n) is 10.8. The summed E-state index contributed by atoms with van der Waals surface area (Å²) in [6.45, 7) is 5.26. The molecule has 0 saturated heterocycles. The average Bonchev–Trinajstić information content (AvgIpc) is 2.80. The van der Waals surface area contributed by atoms with Crippen LogP contribution in [0, 0.1) is 0 Å². The molecule has 0 aliphatic rings. The number of carboxylic acid groups (broad SMARTS) is 1. The van der Waals surface area contributed by atoms with Crippen LogP contribution in [0.25, 0.3) is 0 Å². The van der Waals surface area contributed by atoms with Gasteiger partial charge in [0.05, 0.1) is 6.26 Å². The lowest BCUT2D eigenvalue weighted by molar-refractivity contribution is -0.139. The van der Waals surface area contributed by atoms with Crippen molar-refractivity contribution in [2.45, 2.75) is 31.8 Å². The van der Waals surface area contributed by atoms with Gasteiger partial charge in [0.1, 0.15) is 11.8 Å². The molecule has 1 heterocycles. The number of furan rings is 1. The normalized spacial score (nSPS) is 13.3. The lowest BCUT2D eigenvalue weighted by Gasteiger charge is -2.16. The predicted octanol–water partition coefficient (Wildman–Crippen LogP) is 1.54. The highest BCUT2D eigenvalue weighted by Gasteiger charge is 2.19. The third kappa shape index (κ3) is 5.29. The van der Waals surface area contributed by atoms with Crippen LogP contribution in [0.5, 0.6) is 0 Å². The first-order valence-corrected chi connectivity index (χ1v) is 5.96. The molecule has 2 unspecified atom stereocenters. The molecule has 0 saturated carbocycles. The van der Waals surface area contributed by atoms with E-state index < -0.39 is 18.0 Å². The minimum absolute atomic E-state index is 0.163. The molecule has 2 amide bonds. The van der Waals surface area contributed by atoms with Gasteiger partial charge in [-0.1, -0.05) is 6.08 Å². The Morgan fingerprint density at radius 2 is 2.26 bits per heavy atom. The predicted molar refractivity (Wildman–Crippen MR) is 69.8 cm³/mol. The van der Waals surface area contributed by atoms with Gasteiger partial charge in [-0.25, -0.2) is 9.59 Å². The number of aliphatic carboxylic acids is 1. The van der Waals surface area contributed by atoms with Gasteiger partial charge < -0.3 is 20.2 Å². The standard InChI is InChI=1S/C13H18N2O4/c1-3-5-11(12(16)17)15-13(18)14-9(2)8-10-6-4-7-19-10/h3-4,6-7,9,11H,1,5,8H2,2H3,(H,16,17)(H2,14,15,18). The molecule has 0 spiro atoms. The molecule has 0 aliphatic heterocycles. The molecule has 0 fully saturated rings. The summed E-state index contributed by atoms with van der Waals surface area (Å²) >= 11 is 0. The quantitative estimate of drug-likeness (QED) is 0.653. The van der Waals surface area contributed by atoms with E-state index in [9.17, 15) is 9.59 Å². The minimum Gasteiger partial charge on any atom is -0.480 e. The SMILES string of the molecule is C=CCC(NC(=O)NC(C)Cc1ccco1)C(=O)O. The van der Waals surface area contributed by atoms with Gasteiger partial charge in [-0.15, -0.1) is 6.58 Å². The second kappa shape index (κ2) is 7.25. The molecule has 19 heavy (non-hydrogen) atoms. The third-order valence-corrected chi connectivity index (χ3v) is 2.47. The van der Waals surface area contributed by atoms with E-state index in [2.05, 4.69) is 17.2 Å². The lowest BCUT2D eigenvalue weighted by Crippen LogP contribution is -2.48. The zero-order valence-corrected chi connectivity index (χ0v) is 10.8. The van der Waals surface area contributed by atoms with Crippen LogP contribution in [-0.4, -0.2) is 29.2 Å². The summed E-state index contributed by atoms with van der Waals surface area (Å²) in [4.78, 5) is 22.5. The Morgan fingerprint density at radius 3 is 2.79 bits per heavy atom. The molecule has 3 N–H and O–H groups in total. The first kappa shape index (κ1) is 14.8. The molecular weight excluding hydrogens is 248 g/mol. The summed E-state index contributed by atoms with van der Waals surface area (Å²) in [5, 5.41) is 13.9. The molecule has 1 aromatic heterocycles. The van der Waals surface area contributed by atoms with Crippen LogP contribution in [0.15, 0.2) is 35.5 Å². The smallest absolute Gasteiger partial charge is 0.326 e. The summed E-state index contributed by atoms with van der Waals surface area (Å²) < 4.78 is 5.16. The first-order chi connectivity index (χ1) is 9.02. The fraction of sp³-hybridized carbons (Fsp3) is 0.385. The number of nitrogens with one attached hydrogen (secondary N) is 2. The average molecular weight is 266 g/mol. The van der Waals surface area contributed by atoms with Crippen molar-refractivity contribution in [2.75, 3.05) is 0 Å². The third-order valence-electron chi connectivity index (χ3n) is 2.47. The number of carboxylic acids is 1. The Morgan fingerprint density at radius 1 is 1.53 bits per heavy atom. The van der Waals surface area contributed by atoms with E-state index in [1.807, 2.05) is 13.0 Å². The minimum atomic E-state index is -1.09. The fourth-order valence-electron chi connectivity index (χ4n) is 1.59. The Bertz CT molecular complexity index is 428. The maximum absolute atomic E-state index is 11.6. The van der Waals surface area contributed by atoms with Crippen LogP contribution in [-0.2, 0) is 11.2 Å². The van der Waals surface area contributed by atoms with Crippen molar-refractivity contribution in [2.24, 2.45) is 0 Å². The fourth-order valence-corrected chi connectivity index (χ4v) is 1.59. The number of rotatable bonds is 7. The number of carbonyl (C=O) groups excluding carboxylic acids is 1. The molecule has 2 atom stereocenters. The van der Waals surface area contributed by atoms with Crippen LogP contribution in [0.2, 0.25) is 0 Å². The number of urea groups is 1. The van der Waals surface area contributed by atoms with Gasteiger partial charge in [-0.2, -0.15) is 0 Å². The maximum Gasteiger partial charge on any atom is 0.326 e. The molecular formula is C13H18N2O4. The Labute approximate surface area is 111 Å². The monoisotopic (exact) mass is 266 g/mol. The number of amides is 2. The number of carbonyl (C=O) groups is 2. The lowest BCUT2D eigenvalue weighted by atomic mass is 10.2. The van der Waals surface area contributed by atoms with Crippen molar-refractivity contribution in [1.29, 1.82) is 0 Å². The molecule has 0 aromatic carbocycles. The van der Waals surface area contributed by atoms with Gasteiger partial charge in [0, 0.05) is 12.5 Å².